The van der Waals surface area contributed by atoms with E-state index in [0.29, 0.717) is 24.6 Å². The number of benzene rings is 2. The Hall–Kier alpha value is -2.99. The molecular weight excluding hydrogens is 367 g/mol. The van der Waals surface area contributed by atoms with Gasteiger partial charge in [-0.3, -0.25) is 4.79 Å². The number of hydrogen-bond donors (Lipinski definition) is 1. The first-order valence-electron chi connectivity index (χ1n) is 8.50. The molecule has 27 heavy (non-hydrogen) atoms. The van der Waals surface area contributed by atoms with Crippen LogP contribution in [0.4, 0.5) is 15.9 Å². The van der Waals surface area contributed by atoms with Crippen LogP contribution in [0.15, 0.2) is 54.9 Å². The van der Waals surface area contributed by atoms with Crippen molar-refractivity contribution in [3.05, 3.63) is 82.5 Å². The average molecular weight is 383 g/mol. The van der Waals surface area contributed by atoms with E-state index in [-0.39, 0.29) is 16.6 Å². The molecule has 4 rings (SSSR count). The van der Waals surface area contributed by atoms with Gasteiger partial charge in [0.15, 0.2) is 0 Å². The normalized spacial score (nSPS) is 13.2. The number of rotatable bonds is 3. The average Bonchev–Trinajstić information content (AvgIpc) is 2.70. The lowest BCUT2D eigenvalue weighted by Gasteiger charge is -2.28. The molecule has 0 radical (unpaired) electrons. The Morgan fingerprint density at radius 3 is 2.67 bits per heavy atom. The van der Waals surface area contributed by atoms with E-state index in [0.717, 1.165) is 12.0 Å². The fourth-order valence-electron chi connectivity index (χ4n) is 3.06. The number of hydrogen-bond acceptors (Lipinski definition) is 4. The number of fused-ring (bicyclic) bond motifs is 1. The zero-order valence-corrected chi connectivity index (χ0v) is 15.1. The molecule has 7 heteroatoms. The Kier molecular flexibility index (Phi) is 4.73. The quantitative estimate of drug-likeness (QED) is 0.737. The summed E-state index contributed by atoms with van der Waals surface area (Å²) in [6, 6.07) is 12.4. The molecule has 0 atom stereocenters. The molecule has 0 unspecified atom stereocenters. The molecule has 3 aromatic rings. The van der Waals surface area contributed by atoms with E-state index in [4.69, 9.17) is 11.6 Å². The molecule has 1 N–H and O–H groups in total. The summed E-state index contributed by atoms with van der Waals surface area (Å²) < 4.78 is 13.2. The maximum Gasteiger partial charge on any atom is 0.274 e. The van der Waals surface area contributed by atoms with E-state index < -0.39 is 5.82 Å². The van der Waals surface area contributed by atoms with Gasteiger partial charge < -0.3 is 10.2 Å². The van der Waals surface area contributed by atoms with Gasteiger partial charge in [0.2, 0.25) is 0 Å². The first kappa shape index (κ1) is 17.4. The molecular formula is C20H16ClFN4O. The lowest BCUT2D eigenvalue weighted by Crippen LogP contribution is -2.36. The van der Waals surface area contributed by atoms with Crippen molar-refractivity contribution in [2.24, 2.45) is 0 Å². The van der Waals surface area contributed by atoms with Crippen LogP contribution in [0.2, 0.25) is 5.02 Å². The molecule has 0 saturated heterocycles. The summed E-state index contributed by atoms with van der Waals surface area (Å²) in [5, 5.41) is 3.00. The molecule has 0 bridgehead atoms. The van der Waals surface area contributed by atoms with Gasteiger partial charge in [0.05, 0.1) is 17.4 Å². The topological polar surface area (TPSA) is 58.1 Å². The van der Waals surface area contributed by atoms with E-state index in [1.54, 1.807) is 11.0 Å². The van der Waals surface area contributed by atoms with Crippen molar-refractivity contribution in [1.29, 1.82) is 0 Å². The first-order chi connectivity index (χ1) is 13.1. The molecule has 0 saturated carbocycles. The van der Waals surface area contributed by atoms with Gasteiger partial charge >= 0.3 is 0 Å². The molecule has 0 aliphatic carbocycles. The molecule has 0 fully saturated rings. The van der Waals surface area contributed by atoms with E-state index in [1.807, 2.05) is 18.2 Å². The first-order valence-corrected chi connectivity index (χ1v) is 8.88. The Morgan fingerprint density at radius 2 is 1.93 bits per heavy atom. The fraction of sp³-hybridized carbons (Fsp3) is 0.150. The Labute approximate surface area is 160 Å². The molecule has 1 aromatic heterocycles. The monoisotopic (exact) mass is 382 g/mol. The van der Waals surface area contributed by atoms with Crippen LogP contribution < -0.4 is 5.32 Å². The van der Waals surface area contributed by atoms with Crippen LogP contribution in [0, 0.1) is 5.82 Å². The summed E-state index contributed by atoms with van der Waals surface area (Å²) in [7, 11) is 0. The maximum atomic E-state index is 13.2. The smallest absolute Gasteiger partial charge is 0.274 e. The largest absolute Gasteiger partial charge is 0.339 e. The molecule has 2 aromatic carbocycles. The predicted octanol–water partition coefficient (Wildman–Crippen LogP) is 4.21. The minimum atomic E-state index is -0.489. The summed E-state index contributed by atoms with van der Waals surface area (Å²) >= 11 is 5.77. The van der Waals surface area contributed by atoms with Gasteiger partial charge in [-0.15, -0.1) is 0 Å². The molecule has 136 valence electrons. The number of halogens is 2. The lowest BCUT2D eigenvalue weighted by molar-refractivity contribution is 0.0728. The van der Waals surface area contributed by atoms with Gasteiger partial charge in [0, 0.05) is 18.8 Å². The van der Waals surface area contributed by atoms with Gasteiger partial charge in [0.1, 0.15) is 17.3 Å². The molecule has 1 aliphatic rings. The van der Waals surface area contributed by atoms with Crippen LogP contribution in [0.5, 0.6) is 0 Å². The third-order valence-corrected chi connectivity index (χ3v) is 4.77. The maximum absolute atomic E-state index is 13.2. The molecule has 5 nitrogen and oxygen atoms in total. The van der Waals surface area contributed by atoms with Crippen LogP contribution in [0.1, 0.15) is 21.6 Å². The van der Waals surface area contributed by atoms with Crippen molar-refractivity contribution in [1.82, 2.24) is 14.9 Å². The Morgan fingerprint density at radius 1 is 1.11 bits per heavy atom. The van der Waals surface area contributed by atoms with Crippen LogP contribution in [-0.2, 0) is 13.0 Å². The van der Waals surface area contributed by atoms with Crippen LogP contribution in [-0.4, -0.2) is 27.3 Å². The summed E-state index contributed by atoms with van der Waals surface area (Å²) in [5.74, 6) is -0.191. The number of carbonyl (C=O) groups is 1. The van der Waals surface area contributed by atoms with E-state index in [2.05, 4.69) is 21.4 Å². The summed E-state index contributed by atoms with van der Waals surface area (Å²) in [6.07, 6.45) is 3.75. The predicted molar refractivity (Wildman–Crippen MR) is 102 cm³/mol. The number of nitrogens with zero attached hydrogens (tertiary/aromatic N) is 3. The van der Waals surface area contributed by atoms with Crippen molar-refractivity contribution < 1.29 is 9.18 Å². The highest BCUT2D eigenvalue weighted by Crippen LogP contribution is 2.22. The van der Waals surface area contributed by atoms with Gasteiger partial charge in [-0.05, 0) is 35.7 Å². The summed E-state index contributed by atoms with van der Waals surface area (Å²) in [5.41, 5.74) is 3.32. The minimum Gasteiger partial charge on any atom is -0.339 e. The summed E-state index contributed by atoms with van der Waals surface area (Å²) in [6.45, 7) is 1.23. The van der Waals surface area contributed by atoms with Gasteiger partial charge in [-0.1, -0.05) is 35.9 Å². The second-order valence-electron chi connectivity index (χ2n) is 6.29. The third-order valence-electron chi connectivity index (χ3n) is 4.48. The Balaban J connectivity index is 1.46. The molecule has 2 heterocycles. The van der Waals surface area contributed by atoms with E-state index in [9.17, 15) is 9.18 Å². The van der Waals surface area contributed by atoms with Crippen LogP contribution in [0.3, 0.4) is 0 Å². The summed E-state index contributed by atoms with van der Waals surface area (Å²) in [4.78, 5) is 22.9. The Bertz CT molecular complexity index is 994. The number of nitrogens with one attached hydrogen (secondary N) is 1. The van der Waals surface area contributed by atoms with Gasteiger partial charge in [0.25, 0.3) is 5.91 Å². The molecule has 1 amide bonds. The number of carbonyl (C=O) groups excluding carboxylic acids is 1. The molecule has 1 aliphatic heterocycles. The number of aromatic nitrogens is 2. The van der Waals surface area contributed by atoms with Gasteiger partial charge in [-0.2, -0.15) is 0 Å². The van der Waals surface area contributed by atoms with E-state index >= 15 is 0 Å². The fourth-order valence-corrected chi connectivity index (χ4v) is 3.24. The highest BCUT2D eigenvalue weighted by Gasteiger charge is 2.22. The zero-order chi connectivity index (χ0) is 18.8. The van der Waals surface area contributed by atoms with Crippen molar-refractivity contribution in [2.75, 3.05) is 11.9 Å². The second-order valence-corrected chi connectivity index (χ2v) is 6.69. The van der Waals surface area contributed by atoms with Crippen molar-refractivity contribution in [3.63, 3.8) is 0 Å². The lowest BCUT2D eigenvalue weighted by atomic mass is 10.00. The van der Waals surface area contributed by atoms with Crippen molar-refractivity contribution in [2.45, 2.75) is 13.0 Å². The van der Waals surface area contributed by atoms with E-state index in [1.165, 1.54) is 30.1 Å². The highest BCUT2D eigenvalue weighted by atomic mass is 35.5. The molecule has 0 spiro atoms. The second kappa shape index (κ2) is 7.32. The van der Waals surface area contributed by atoms with Crippen LogP contribution in [0.25, 0.3) is 0 Å². The SMILES string of the molecule is O=C(c1cnc(Nc2ccc(F)c(Cl)c2)cn1)N1CCc2ccccc2C1. The van der Waals surface area contributed by atoms with Gasteiger partial charge in [-0.25, -0.2) is 14.4 Å². The zero-order valence-electron chi connectivity index (χ0n) is 14.3. The van der Waals surface area contributed by atoms with Crippen molar-refractivity contribution in [3.8, 4) is 0 Å². The standard InChI is InChI=1S/C20H16ClFN4O/c21-16-9-15(5-6-17(16)22)25-19-11-23-18(10-24-19)20(27)26-8-7-13-3-1-2-4-14(13)12-26/h1-6,9-11H,7-8,12H2,(H,24,25). The highest BCUT2D eigenvalue weighted by molar-refractivity contribution is 6.31. The van der Waals surface area contributed by atoms with Crippen LogP contribution >= 0.6 is 11.6 Å². The third kappa shape index (κ3) is 3.75. The number of anilines is 2. The van der Waals surface area contributed by atoms with Crippen molar-refractivity contribution >= 4 is 29.0 Å². The minimum absolute atomic E-state index is 0.0186. The number of amides is 1.